The molecule has 1 aliphatic rings. The van der Waals surface area contributed by atoms with E-state index in [1.165, 1.54) is 6.07 Å². The van der Waals surface area contributed by atoms with Gasteiger partial charge in [0.05, 0.1) is 6.54 Å². The fourth-order valence-electron chi connectivity index (χ4n) is 2.07. The Morgan fingerprint density at radius 1 is 1.50 bits per heavy atom. The van der Waals surface area contributed by atoms with E-state index in [0.29, 0.717) is 19.6 Å². The third-order valence-electron chi connectivity index (χ3n) is 3.44. The third kappa shape index (κ3) is 3.93. The summed E-state index contributed by atoms with van der Waals surface area (Å²) < 4.78 is 18.9. The first-order chi connectivity index (χ1) is 9.58. The van der Waals surface area contributed by atoms with Gasteiger partial charge in [-0.3, -0.25) is 9.69 Å². The van der Waals surface area contributed by atoms with E-state index in [0.717, 1.165) is 6.42 Å². The number of amides is 1. The van der Waals surface area contributed by atoms with Crippen molar-refractivity contribution in [2.24, 2.45) is 0 Å². The first-order valence-corrected chi connectivity index (χ1v) is 7.01. The summed E-state index contributed by atoms with van der Waals surface area (Å²) in [6.45, 7) is 5.71. The van der Waals surface area contributed by atoms with E-state index in [9.17, 15) is 9.18 Å². The maximum atomic E-state index is 13.4. The Balaban J connectivity index is 1.70. The number of nitrogens with zero attached hydrogens (tertiary/aromatic N) is 1. The number of halogens is 1. The molecule has 0 bridgehead atoms. The Labute approximate surface area is 118 Å². The molecule has 20 heavy (non-hydrogen) atoms. The number of rotatable bonds is 6. The molecule has 1 N–H and O–H groups in total. The van der Waals surface area contributed by atoms with Crippen molar-refractivity contribution in [3.05, 3.63) is 30.1 Å². The molecule has 110 valence electrons. The number of carbonyl (C=O) groups excluding carboxylic acids is 1. The van der Waals surface area contributed by atoms with Crippen molar-refractivity contribution in [3.8, 4) is 5.75 Å². The van der Waals surface area contributed by atoms with Gasteiger partial charge in [0.1, 0.15) is 6.10 Å². The molecule has 1 unspecified atom stereocenters. The van der Waals surface area contributed by atoms with Gasteiger partial charge in [-0.25, -0.2) is 4.39 Å². The maximum Gasteiger partial charge on any atom is 0.234 e. The number of benzene rings is 1. The molecule has 4 nitrogen and oxygen atoms in total. The summed E-state index contributed by atoms with van der Waals surface area (Å²) in [6.07, 6.45) is 0.883. The van der Waals surface area contributed by atoms with Gasteiger partial charge in [-0.2, -0.15) is 0 Å². The van der Waals surface area contributed by atoms with Gasteiger partial charge in [0.25, 0.3) is 0 Å². The summed E-state index contributed by atoms with van der Waals surface area (Å²) in [5.74, 6) is -0.0367. The number of hydrogen-bond donors (Lipinski definition) is 1. The summed E-state index contributed by atoms with van der Waals surface area (Å²) in [4.78, 5) is 13.7. The predicted molar refractivity (Wildman–Crippen MR) is 75.2 cm³/mol. The highest BCUT2D eigenvalue weighted by atomic mass is 19.1. The van der Waals surface area contributed by atoms with Crippen LogP contribution in [0.5, 0.6) is 5.75 Å². The lowest BCUT2D eigenvalue weighted by Gasteiger charge is -2.38. The van der Waals surface area contributed by atoms with Gasteiger partial charge in [-0.1, -0.05) is 19.1 Å². The lowest BCUT2D eigenvalue weighted by Crippen LogP contribution is -2.56. The van der Waals surface area contributed by atoms with Crippen molar-refractivity contribution in [1.82, 2.24) is 10.2 Å². The average molecular weight is 280 g/mol. The Bertz CT molecular complexity index is 461. The van der Waals surface area contributed by atoms with E-state index >= 15 is 0 Å². The van der Waals surface area contributed by atoms with Crippen LogP contribution in [0.25, 0.3) is 0 Å². The molecule has 1 aromatic carbocycles. The quantitative estimate of drug-likeness (QED) is 0.864. The molecule has 1 fully saturated rings. The smallest absolute Gasteiger partial charge is 0.234 e. The fourth-order valence-corrected chi connectivity index (χ4v) is 2.07. The Kier molecular flexibility index (Phi) is 4.95. The van der Waals surface area contributed by atoms with Crippen LogP contribution in [0, 0.1) is 5.82 Å². The molecule has 0 saturated carbocycles. The first-order valence-electron chi connectivity index (χ1n) is 7.01. The molecule has 1 heterocycles. The van der Waals surface area contributed by atoms with Crippen LogP contribution in [-0.2, 0) is 4.79 Å². The Hall–Kier alpha value is -1.62. The molecule has 0 aromatic heterocycles. The second kappa shape index (κ2) is 6.70. The summed E-state index contributed by atoms with van der Waals surface area (Å²) in [6, 6.07) is 6.58. The van der Waals surface area contributed by atoms with Gasteiger partial charge < -0.3 is 10.1 Å². The number of carbonyl (C=O) groups is 1. The van der Waals surface area contributed by atoms with Crippen LogP contribution in [0.2, 0.25) is 0 Å². The van der Waals surface area contributed by atoms with Crippen LogP contribution >= 0.6 is 0 Å². The maximum absolute atomic E-state index is 13.4. The SMILES string of the molecule is CCC(C)NC(=O)CN1CC(Oc2ccccc2F)C1. The van der Waals surface area contributed by atoms with Crippen molar-refractivity contribution in [3.63, 3.8) is 0 Å². The molecular formula is C15H21FN2O2. The molecule has 1 atom stereocenters. The van der Waals surface area contributed by atoms with Gasteiger partial charge in [-0.15, -0.1) is 0 Å². The second-order valence-electron chi connectivity index (χ2n) is 5.24. The molecule has 0 spiro atoms. The molecule has 1 amide bonds. The van der Waals surface area contributed by atoms with Crippen molar-refractivity contribution >= 4 is 5.91 Å². The molecule has 2 rings (SSSR count). The van der Waals surface area contributed by atoms with E-state index in [1.807, 2.05) is 18.7 Å². The summed E-state index contributed by atoms with van der Waals surface area (Å²) in [7, 11) is 0. The number of ether oxygens (including phenoxy) is 1. The van der Waals surface area contributed by atoms with Crippen LogP contribution in [0.1, 0.15) is 20.3 Å². The van der Waals surface area contributed by atoms with Crippen LogP contribution in [0.3, 0.4) is 0 Å². The second-order valence-corrected chi connectivity index (χ2v) is 5.24. The van der Waals surface area contributed by atoms with Crippen LogP contribution in [0.15, 0.2) is 24.3 Å². The van der Waals surface area contributed by atoms with Crippen LogP contribution < -0.4 is 10.1 Å². The van der Waals surface area contributed by atoms with Crippen molar-refractivity contribution < 1.29 is 13.9 Å². The first kappa shape index (κ1) is 14.8. The number of likely N-dealkylation sites (tertiary alicyclic amines) is 1. The Morgan fingerprint density at radius 3 is 2.85 bits per heavy atom. The fraction of sp³-hybridized carbons (Fsp3) is 0.533. The van der Waals surface area contributed by atoms with E-state index in [2.05, 4.69) is 5.32 Å². The van der Waals surface area contributed by atoms with Gasteiger partial charge >= 0.3 is 0 Å². The molecule has 1 aromatic rings. The average Bonchev–Trinajstić information content (AvgIpc) is 2.38. The summed E-state index contributed by atoms with van der Waals surface area (Å²) in [5.41, 5.74) is 0. The monoisotopic (exact) mass is 280 g/mol. The zero-order valence-electron chi connectivity index (χ0n) is 11.9. The van der Waals surface area contributed by atoms with Crippen LogP contribution in [0.4, 0.5) is 4.39 Å². The normalized spacial score (nSPS) is 17.4. The van der Waals surface area contributed by atoms with E-state index in [1.54, 1.807) is 18.2 Å². The topological polar surface area (TPSA) is 41.6 Å². The predicted octanol–water partition coefficient (Wildman–Crippen LogP) is 1.80. The molecular weight excluding hydrogens is 259 g/mol. The largest absolute Gasteiger partial charge is 0.485 e. The summed E-state index contributed by atoms with van der Waals surface area (Å²) in [5, 5.41) is 2.92. The Morgan fingerprint density at radius 2 is 2.20 bits per heavy atom. The number of hydrogen-bond acceptors (Lipinski definition) is 3. The van der Waals surface area contributed by atoms with Crippen molar-refractivity contribution in [2.45, 2.75) is 32.4 Å². The zero-order chi connectivity index (χ0) is 14.5. The molecule has 1 saturated heterocycles. The lowest BCUT2D eigenvalue weighted by molar-refractivity contribution is -0.125. The molecule has 5 heteroatoms. The van der Waals surface area contributed by atoms with E-state index < -0.39 is 0 Å². The van der Waals surface area contributed by atoms with E-state index in [-0.39, 0.29) is 29.6 Å². The zero-order valence-corrected chi connectivity index (χ0v) is 11.9. The minimum Gasteiger partial charge on any atom is -0.485 e. The highest BCUT2D eigenvalue weighted by Gasteiger charge is 2.30. The van der Waals surface area contributed by atoms with Gasteiger partial charge in [0, 0.05) is 19.1 Å². The standard InChI is InChI=1S/C15H21FN2O2/c1-3-11(2)17-15(19)10-18-8-12(9-18)20-14-7-5-4-6-13(14)16/h4-7,11-12H,3,8-10H2,1-2H3,(H,17,19). The van der Waals surface area contributed by atoms with Gasteiger partial charge in [-0.05, 0) is 25.5 Å². The molecule has 1 aliphatic heterocycles. The number of nitrogens with one attached hydrogen (secondary N) is 1. The van der Waals surface area contributed by atoms with E-state index in [4.69, 9.17) is 4.74 Å². The molecule has 0 aliphatic carbocycles. The minimum atomic E-state index is -0.347. The third-order valence-corrected chi connectivity index (χ3v) is 3.44. The lowest BCUT2D eigenvalue weighted by atomic mass is 10.1. The summed E-state index contributed by atoms with van der Waals surface area (Å²) >= 11 is 0. The highest BCUT2D eigenvalue weighted by Crippen LogP contribution is 2.20. The van der Waals surface area contributed by atoms with Gasteiger partial charge in [0.15, 0.2) is 11.6 Å². The highest BCUT2D eigenvalue weighted by molar-refractivity contribution is 5.78. The minimum absolute atomic E-state index is 0.0312. The van der Waals surface area contributed by atoms with Crippen LogP contribution in [-0.4, -0.2) is 42.6 Å². The molecule has 0 radical (unpaired) electrons. The number of para-hydroxylation sites is 1. The van der Waals surface area contributed by atoms with Crippen molar-refractivity contribution in [1.29, 1.82) is 0 Å². The van der Waals surface area contributed by atoms with Gasteiger partial charge in [0.2, 0.25) is 5.91 Å². The van der Waals surface area contributed by atoms with Crippen molar-refractivity contribution in [2.75, 3.05) is 19.6 Å².